The van der Waals surface area contributed by atoms with Gasteiger partial charge < -0.3 is 10.3 Å². The molecule has 2 N–H and O–H groups in total. The van der Waals surface area contributed by atoms with Gasteiger partial charge in [-0.1, -0.05) is 11.6 Å². The summed E-state index contributed by atoms with van der Waals surface area (Å²) in [5, 5.41) is 0.713. The highest BCUT2D eigenvalue weighted by atomic mass is 35.5. The van der Waals surface area contributed by atoms with Crippen molar-refractivity contribution in [2.24, 2.45) is 5.73 Å². The number of nitrogens with two attached hydrogens (primary N) is 1. The summed E-state index contributed by atoms with van der Waals surface area (Å²) in [6.07, 6.45) is 3.03. The van der Waals surface area contributed by atoms with E-state index in [9.17, 15) is 0 Å². The molecule has 3 nitrogen and oxygen atoms in total. The fraction of sp³-hybridized carbons (Fsp3) is 0.500. The van der Waals surface area contributed by atoms with Gasteiger partial charge in [0.15, 0.2) is 0 Å². The number of aromatic nitrogens is 2. The summed E-state index contributed by atoms with van der Waals surface area (Å²) in [4.78, 5) is 4.69. The molecule has 0 radical (unpaired) electrons. The van der Waals surface area contributed by atoms with Crippen LogP contribution in [0.5, 0.6) is 0 Å². The Morgan fingerprint density at radius 3 is 2.79 bits per heavy atom. The number of thioether (sulfide) groups is 1. The third-order valence-corrected chi connectivity index (χ3v) is 4.04. The Kier molecular flexibility index (Phi) is 4.76. The molecule has 1 aromatic carbocycles. The van der Waals surface area contributed by atoms with Crippen LogP contribution in [-0.2, 0) is 0 Å². The first kappa shape index (κ1) is 14.7. The van der Waals surface area contributed by atoms with Gasteiger partial charge in [-0.3, -0.25) is 0 Å². The molecular formula is C14H20ClN3S. The number of hydrogen-bond acceptors (Lipinski definition) is 3. The molecule has 0 fully saturated rings. The minimum absolute atomic E-state index is 0.0268. The second-order valence-corrected chi connectivity index (χ2v) is 6.38. The van der Waals surface area contributed by atoms with Crippen LogP contribution in [-0.4, -0.2) is 21.6 Å². The molecule has 0 aliphatic carbocycles. The predicted molar refractivity (Wildman–Crippen MR) is 85.1 cm³/mol. The highest BCUT2D eigenvalue weighted by Gasteiger charge is 2.18. The van der Waals surface area contributed by atoms with E-state index in [0.717, 1.165) is 29.0 Å². The average Bonchev–Trinajstić information content (AvgIpc) is 2.74. The Morgan fingerprint density at radius 1 is 1.42 bits per heavy atom. The molecule has 0 aliphatic heterocycles. The summed E-state index contributed by atoms with van der Waals surface area (Å²) in [5.41, 5.74) is 8.32. The first-order chi connectivity index (χ1) is 9.04. The van der Waals surface area contributed by atoms with Crippen LogP contribution >= 0.6 is 23.4 Å². The van der Waals surface area contributed by atoms with Gasteiger partial charge in [0.1, 0.15) is 5.82 Å². The largest absolute Gasteiger partial charge is 0.324 e. The first-order valence-corrected chi connectivity index (χ1v) is 8.23. The SMILES string of the molecule is CSCCC(N)c1nc2cc(Cl)ccc2n1C(C)C. The van der Waals surface area contributed by atoms with Crippen LogP contribution in [0.1, 0.15) is 38.2 Å². The number of imidazole rings is 1. The number of benzene rings is 1. The highest BCUT2D eigenvalue weighted by Crippen LogP contribution is 2.27. The number of halogens is 1. The van der Waals surface area contributed by atoms with E-state index in [1.807, 2.05) is 30.0 Å². The van der Waals surface area contributed by atoms with Gasteiger partial charge in [-0.05, 0) is 50.5 Å². The Balaban J connectivity index is 2.49. The lowest BCUT2D eigenvalue weighted by molar-refractivity contribution is 0.536. The maximum atomic E-state index is 6.29. The maximum absolute atomic E-state index is 6.29. The topological polar surface area (TPSA) is 43.8 Å². The van der Waals surface area contributed by atoms with Crippen LogP contribution in [0.3, 0.4) is 0 Å². The average molecular weight is 298 g/mol. The second-order valence-electron chi connectivity index (χ2n) is 4.95. The van der Waals surface area contributed by atoms with Crippen LogP contribution in [0, 0.1) is 0 Å². The lowest BCUT2D eigenvalue weighted by atomic mass is 10.2. The van der Waals surface area contributed by atoms with Gasteiger partial charge in [0.05, 0.1) is 17.1 Å². The summed E-state index contributed by atoms with van der Waals surface area (Å²) in [5.74, 6) is 2.00. The molecule has 0 spiro atoms. The minimum atomic E-state index is -0.0268. The molecule has 104 valence electrons. The Hall–Kier alpha value is -0.710. The fourth-order valence-electron chi connectivity index (χ4n) is 2.27. The van der Waals surface area contributed by atoms with E-state index in [0.29, 0.717) is 11.1 Å². The zero-order chi connectivity index (χ0) is 14.0. The summed E-state index contributed by atoms with van der Waals surface area (Å²) in [6, 6.07) is 6.14. The molecule has 19 heavy (non-hydrogen) atoms. The van der Waals surface area contributed by atoms with Crippen LogP contribution in [0.25, 0.3) is 11.0 Å². The molecule has 2 rings (SSSR count). The Morgan fingerprint density at radius 2 is 2.16 bits per heavy atom. The fourth-order valence-corrected chi connectivity index (χ4v) is 2.92. The van der Waals surface area contributed by atoms with Crippen LogP contribution < -0.4 is 5.73 Å². The molecule has 0 saturated carbocycles. The van der Waals surface area contributed by atoms with E-state index < -0.39 is 0 Å². The number of fused-ring (bicyclic) bond motifs is 1. The van der Waals surface area contributed by atoms with Crippen molar-refractivity contribution in [2.45, 2.75) is 32.4 Å². The smallest absolute Gasteiger partial charge is 0.127 e. The zero-order valence-electron chi connectivity index (χ0n) is 11.6. The number of nitrogens with zero attached hydrogens (tertiary/aromatic N) is 2. The molecule has 1 aromatic heterocycles. The Bertz CT molecular complexity index is 565. The summed E-state index contributed by atoms with van der Waals surface area (Å²) in [7, 11) is 0. The molecule has 1 unspecified atom stereocenters. The monoisotopic (exact) mass is 297 g/mol. The van der Waals surface area contributed by atoms with Gasteiger partial charge in [-0.15, -0.1) is 0 Å². The quantitative estimate of drug-likeness (QED) is 0.906. The Labute approximate surface area is 123 Å². The van der Waals surface area contributed by atoms with Gasteiger partial charge in [-0.25, -0.2) is 4.98 Å². The van der Waals surface area contributed by atoms with Gasteiger partial charge in [0, 0.05) is 11.1 Å². The maximum Gasteiger partial charge on any atom is 0.127 e. The van der Waals surface area contributed by atoms with Gasteiger partial charge in [-0.2, -0.15) is 11.8 Å². The molecule has 0 aliphatic rings. The predicted octanol–water partition coefficient (Wildman–Crippen LogP) is 4.02. The molecule has 0 saturated heterocycles. The summed E-state index contributed by atoms with van der Waals surface area (Å²) < 4.78 is 2.22. The molecule has 1 heterocycles. The molecule has 2 aromatic rings. The normalized spacial score (nSPS) is 13.4. The van der Waals surface area contributed by atoms with Crippen molar-refractivity contribution in [3.05, 3.63) is 29.0 Å². The van der Waals surface area contributed by atoms with E-state index in [1.54, 1.807) is 0 Å². The van der Waals surface area contributed by atoms with Crippen LogP contribution in [0.4, 0.5) is 0 Å². The van der Waals surface area contributed by atoms with E-state index in [1.165, 1.54) is 0 Å². The second kappa shape index (κ2) is 6.16. The first-order valence-electron chi connectivity index (χ1n) is 6.46. The lowest BCUT2D eigenvalue weighted by Crippen LogP contribution is -2.18. The van der Waals surface area contributed by atoms with Crippen molar-refractivity contribution in [3.8, 4) is 0 Å². The third-order valence-electron chi connectivity index (χ3n) is 3.16. The van der Waals surface area contributed by atoms with Gasteiger partial charge >= 0.3 is 0 Å². The van der Waals surface area contributed by atoms with Crippen LogP contribution in [0.15, 0.2) is 18.2 Å². The van der Waals surface area contributed by atoms with Crippen molar-refractivity contribution in [3.63, 3.8) is 0 Å². The van der Waals surface area contributed by atoms with Gasteiger partial charge in [0.25, 0.3) is 0 Å². The molecular weight excluding hydrogens is 278 g/mol. The summed E-state index contributed by atoms with van der Waals surface area (Å²) >= 11 is 7.85. The van der Waals surface area contributed by atoms with E-state index in [4.69, 9.17) is 22.3 Å². The lowest BCUT2D eigenvalue weighted by Gasteiger charge is -2.17. The molecule has 1 atom stereocenters. The molecule has 5 heteroatoms. The minimum Gasteiger partial charge on any atom is -0.324 e. The van der Waals surface area contributed by atoms with Crippen molar-refractivity contribution in [1.82, 2.24) is 9.55 Å². The van der Waals surface area contributed by atoms with Gasteiger partial charge in [0.2, 0.25) is 0 Å². The molecule has 0 amide bonds. The summed E-state index contributed by atoms with van der Waals surface area (Å²) in [6.45, 7) is 4.31. The standard InChI is InChI=1S/C14H20ClN3S/c1-9(2)18-13-5-4-10(15)8-12(13)17-14(18)11(16)6-7-19-3/h4-5,8-9,11H,6-7,16H2,1-3H3. The van der Waals surface area contributed by atoms with E-state index in [2.05, 4.69) is 24.7 Å². The van der Waals surface area contributed by atoms with Crippen molar-refractivity contribution in [2.75, 3.05) is 12.0 Å². The number of hydrogen-bond donors (Lipinski definition) is 1. The zero-order valence-corrected chi connectivity index (χ0v) is 13.1. The van der Waals surface area contributed by atoms with Crippen LogP contribution in [0.2, 0.25) is 5.02 Å². The highest BCUT2D eigenvalue weighted by molar-refractivity contribution is 7.98. The van der Waals surface area contributed by atoms with Crippen molar-refractivity contribution >= 4 is 34.4 Å². The van der Waals surface area contributed by atoms with Crippen molar-refractivity contribution in [1.29, 1.82) is 0 Å². The van der Waals surface area contributed by atoms with E-state index >= 15 is 0 Å². The van der Waals surface area contributed by atoms with Crippen molar-refractivity contribution < 1.29 is 0 Å². The van der Waals surface area contributed by atoms with E-state index in [-0.39, 0.29) is 6.04 Å². The third kappa shape index (κ3) is 3.07. The molecule has 0 bridgehead atoms. The number of rotatable bonds is 5.